The van der Waals surface area contributed by atoms with E-state index in [1.54, 1.807) is 24.3 Å². The second-order valence-corrected chi connectivity index (χ2v) is 8.89. The second kappa shape index (κ2) is 9.07. The van der Waals surface area contributed by atoms with Crippen molar-refractivity contribution in [3.05, 3.63) is 65.7 Å². The molecule has 1 saturated heterocycles. The molecule has 0 saturated carbocycles. The summed E-state index contributed by atoms with van der Waals surface area (Å²) < 4.78 is 27.1. The minimum absolute atomic E-state index is 0.0136. The van der Waals surface area contributed by atoms with E-state index in [1.165, 1.54) is 24.3 Å². The Kier molecular flexibility index (Phi) is 6.50. The molecule has 3 rings (SSSR count). The monoisotopic (exact) mass is 427 g/mol. The summed E-state index contributed by atoms with van der Waals surface area (Å²) in [7, 11) is -3.96. The lowest BCUT2D eigenvalue weighted by atomic mass is 10.1. The molecular weight excluding hydrogens is 406 g/mol. The van der Waals surface area contributed by atoms with Gasteiger partial charge in [-0.05, 0) is 42.7 Å². The summed E-state index contributed by atoms with van der Waals surface area (Å²) in [4.78, 5) is 24.4. The Labute approximate surface area is 174 Å². The summed E-state index contributed by atoms with van der Waals surface area (Å²) in [5.74, 6) is -1.82. The van der Waals surface area contributed by atoms with Crippen molar-refractivity contribution in [2.45, 2.75) is 36.2 Å². The van der Waals surface area contributed by atoms with Gasteiger partial charge in [0.15, 0.2) is 0 Å². The molecule has 156 valence electrons. The first kappa shape index (κ1) is 21.5. The van der Waals surface area contributed by atoms with Crippen LogP contribution in [0.3, 0.4) is 0 Å². The molecule has 1 fully saturated rings. The number of nitrogens with one attached hydrogen (secondary N) is 1. The van der Waals surface area contributed by atoms with Crippen molar-refractivity contribution < 1.29 is 23.1 Å². The minimum Gasteiger partial charge on any atom is -0.480 e. The number of rotatable bonds is 7. The van der Waals surface area contributed by atoms with E-state index < -0.39 is 34.0 Å². The number of carbonyl (C=O) groups excluding carboxylic acids is 1. The summed E-state index contributed by atoms with van der Waals surface area (Å²) in [5.41, 5.74) is 1.08. The van der Waals surface area contributed by atoms with Gasteiger partial charge in [-0.2, -0.15) is 9.57 Å². The maximum Gasteiger partial charge on any atom is 0.326 e. The van der Waals surface area contributed by atoms with Crippen molar-refractivity contribution in [2.24, 2.45) is 0 Å². The molecule has 0 bridgehead atoms. The van der Waals surface area contributed by atoms with E-state index in [-0.39, 0.29) is 17.9 Å². The van der Waals surface area contributed by atoms with Gasteiger partial charge in [0.1, 0.15) is 12.1 Å². The smallest absolute Gasteiger partial charge is 0.326 e. The van der Waals surface area contributed by atoms with Crippen LogP contribution in [0.1, 0.15) is 24.0 Å². The topological polar surface area (TPSA) is 128 Å². The third-order valence-corrected chi connectivity index (χ3v) is 6.92. The first-order valence-corrected chi connectivity index (χ1v) is 10.9. The first-order valence-electron chi connectivity index (χ1n) is 9.42. The summed E-state index contributed by atoms with van der Waals surface area (Å²) >= 11 is 0. The zero-order valence-corrected chi connectivity index (χ0v) is 16.9. The molecule has 2 aromatic rings. The molecule has 2 atom stereocenters. The van der Waals surface area contributed by atoms with E-state index in [0.29, 0.717) is 18.4 Å². The van der Waals surface area contributed by atoms with Crippen LogP contribution in [-0.2, 0) is 26.0 Å². The molecule has 0 spiro atoms. The molecule has 1 aliphatic heterocycles. The number of carbonyl (C=O) groups is 2. The lowest BCUT2D eigenvalue weighted by Gasteiger charge is -2.25. The number of sulfonamides is 1. The van der Waals surface area contributed by atoms with Crippen LogP contribution < -0.4 is 5.32 Å². The van der Waals surface area contributed by atoms with Crippen molar-refractivity contribution in [1.82, 2.24) is 9.62 Å². The highest BCUT2D eigenvalue weighted by Gasteiger charge is 2.40. The number of hydrogen-bond acceptors (Lipinski definition) is 5. The van der Waals surface area contributed by atoms with E-state index in [2.05, 4.69) is 5.32 Å². The normalized spacial score (nSPS) is 17.8. The summed E-state index contributed by atoms with van der Waals surface area (Å²) in [6.45, 7) is 0.164. The van der Waals surface area contributed by atoms with E-state index >= 15 is 0 Å². The first-order chi connectivity index (χ1) is 14.3. The van der Waals surface area contributed by atoms with E-state index in [9.17, 15) is 23.1 Å². The molecule has 0 unspecified atom stereocenters. The minimum atomic E-state index is -3.96. The van der Waals surface area contributed by atoms with Crippen molar-refractivity contribution in [3.63, 3.8) is 0 Å². The number of amides is 1. The van der Waals surface area contributed by atoms with Gasteiger partial charge in [-0.1, -0.05) is 30.3 Å². The quantitative estimate of drug-likeness (QED) is 0.690. The van der Waals surface area contributed by atoms with Crippen LogP contribution in [-0.4, -0.2) is 48.3 Å². The summed E-state index contributed by atoms with van der Waals surface area (Å²) in [5, 5.41) is 20.9. The Morgan fingerprint density at radius 3 is 2.43 bits per heavy atom. The predicted octanol–water partition coefficient (Wildman–Crippen LogP) is 1.52. The third kappa shape index (κ3) is 4.67. The number of carboxylic acid groups (broad SMARTS) is 1. The molecule has 0 radical (unpaired) electrons. The van der Waals surface area contributed by atoms with Crippen LogP contribution in [0, 0.1) is 11.3 Å². The molecule has 9 heteroatoms. The molecule has 2 aromatic carbocycles. The molecule has 1 heterocycles. The number of benzene rings is 2. The van der Waals surface area contributed by atoms with Gasteiger partial charge in [0, 0.05) is 13.0 Å². The van der Waals surface area contributed by atoms with Crippen LogP contribution in [0.15, 0.2) is 59.5 Å². The van der Waals surface area contributed by atoms with E-state index in [1.807, 2.05) is 12.1 Å². The highest BCUT2D eigenvalue weighted by Crippen LogP contribution is 2.26. The van der Waals surface area contributed by atoms with Crippen molar-refractivity contribution >= 4 is 21.9 Å². The van der Waals surface area contributed by atoms with Crippen LogP contribution >= 0.6 is 0 Å². The molecule has 1 aliphatic rings. The SMILES string of the molecule is N#Cc1ccc(S(=O)(=O)N2CCC[C@@H]2C(=O)N[C@@H](Cc2ccccc2)C(=O)O)cc1. The number of aliphatic carboxylic acids is 1. The largest absolute Gasteiger partial charge is 0.480 e. The van der Waals surface area contributed by atoms with Crippen LogP contribution in [0.2, 0.25) is 0 Å². The average molecular weight is 427 g/mol. The Bertz CT molecular complexity index is 1060. The number of hydrogen-bond donors (Lipinski definition) is 2. The van der Waals surface area contributed by atoms with Gasteiger partial charge in [0.25, 0.3) is 0 Å². The molecule has 8 nitrogen and oxygen atoms in total. The average Bonchev–Trinajstić information content (AvgIpc) is 3.25. The second-order valence-electron chi connectivity index (χ2n) is 7.00. The van der Waals surface area contributed by atoms with E-state index in [4.69, 9.17) is 5.26 Å². The van der Waals surface area contributed by atoms with Gasteiger partial charge in [0.05, 0.1) is 16.5 Å². The standard InChI is InChI=1S/C21H21N3O5S/c22-14-16-8-10-17(11-9-16)30(28,29)24-12-4-7-19(24)20(25)23-18(21(26)27)13-15-5-2-1-3-6-15/h1-3,5-6,8-11,18-19H,4,7,12-13H2,(H,23,25)(H,26,27)/t18-,19+/m0/s1. The van der Waals surface area contributed by atoms with Gasteiger partial charge in [0.2, 0.25) is 15.9 Å². The van der Waals surface area contributed by atoms with Gasteiger partial charge >= 0.3 is 5.97 Å². The lowest BCUT2D eigenvalue weighted by molar-refractivity contribution is -0.142. The molecular formula is C21H21N3O5S. The molecule has 30 heavy (non-hydrogen) atoms. The third-order valence-electron chi connectivity index (χ3n) is 4.99. The Balaban J connectivity index is 1.77. The van der Waals surface area contributed by atoms with Crippen LogP contribution in [0.4, 0.5) is 0 Å². The zero-order chi connectivity index (χ0) is 21.7. The maximum atomic E-state index is 13.0. The highest BCUT2D eigenvalue weighted by atomic mass is 32.2. The van der Waals surface area contributed by atoms with E-state index in [0.717, 1.165) is 9.87 Å². The van der Waals surface area contributed by atoms with Crippen molar-refractivity contribution in [3.8, 4) is 6.07 Å². The number of nitrogens with zero attached hydrogens (tertiary/aromatic N) is 2. The van der Waals surface area contributed by atoms with Gasteiger partial charge in [-0.3, -0.25) is 4.79 Å². The fraction of sp³-hybridized carbons (Fsp3) is 0.286. The molecule has 0 aromatic heterocycles. The summed E-state index contributed by atoms with van der Waals surface area (Å²) in [6, 6.07) is 14.1. The molecule has 0 aliphatic carbocycles. The van der Waals surface area contributed by atoms with Crippen LogP contribution in [0.5, 0.6) is 0 Å². The lowest BCUT2D eigenvalue weighted by Crippen LogP contribution is -2.51. The number of nitriles is 1. The maximum absolute atomic E-state index is 13.0. The zero-order valence-electron chi connectivity index (χ0n) is 16.1. The van der Waals surface area contributed by atoms with Crippen molar-refractivity contribution in [1.29, 1.82) is 5.26 Å². The fourth-order valence-corrected chi connectivity index (χ4v) is 5.10. The van der Waals surface area contributed by atoms with Gasteiger partial charge in [-0.25, -0.2) is 13.2 Å². The number of carboxylic acids is 1. The molecule has 2 N–H and O–H groups in total. The predicted molar refractivity (Wildman–Crippen MR) is 108 cm³/mol. The Morgan fingerprint density at radius 2 is 1.83 bits per heavy atom. The fourth-order valence-electron chi connectivity index (χ4n) is 3.44. The Morgan fingerprint density at radius 1 is 1.17 bits per heavy atom. The van der Waals surface area contributed by atoms with Crippen molar-refractivity contribution in [2.75, 3.05) is 6.54 Å². The van der Waals surface area contributed by atoms with Gasteiger partial charge in [-0.15, -0.1) is 0 Å². The Hall–Kier alpha value is -3.22. The van der Waals surface area contributed by atoms with Gasteiger partial charge < -0.3 is 10.4 Å². The highest BCUT2D eigenvalue weighted by molar-refractivity contribution is 7.89. The molecule has 1 amide bonds. The van der Waals surface area contributed by atoms with Crippen LogP contribution in [0.25, 0.3) is 0 Å². The summed E-state index contributed by atoms with van der Waals surface area (Å²) in [6.07, 6.45) is 0.889.